The van der Waals surface area contributed by atoms with E-state index in [0.29, 0.717) is 0 Å². The normalized spacial score (nSPS) is 13.2. The van der Waals surface area contributed by atoms with Crippen molar-refractivity contribution in [2.45, 2.75) is 0 Å². The molecule has 3 aromatic rings. The molecule has 4 rings (SSSR count). The summed E-state index contributed by atoms with van der Waals surface area (Å²) in [5.41, 5.74) is 3.49. The second-order valence-electron chi connectivity index (χ2n) is 5.03. The fourth-order valence-corrected chi connectivity index (χ4v) is 2.71. The summed E-state index contributed by atoms with van der Waals surface area (Å²) in [5.74, 6) is 0. The van der Waals surface area contributed by atoms with Crippen LogP contribution in [0.5, 0.6) is 0 Å². The van der Waals surface area contributed by atoms with Crippen molar-refractivity contribution >= 4 is 27.8 Å². The van der Waals surface area contributed by atoms with Gasteiger partial charge in [-0.15, -0.1) is 5.69 Å². The first-order valence-corrected chi connectivity index (χ1v) is 6.69. The van der Waals surface area contributed by atoms with Gasteiger partial charge in [0.2, 0.25) is 0 Å². The Kier molecular flexibility index (Phi) is 3.71. The summed E-state index contributed by atoms with van der Waals surface area (Å²) < 4.78 is 0. The Morgan fingerprint density at radius 1 is 0.905 bits per heavy atom. The van der Waals surface area contributed by atoms with Crippen molar-refractivity contribution in [3.63, 3.8) is 0 Å². The number of fused-ring (bicyclic) bond motifs is 2. The smallest absolute Gasteiger partial charge is 0.0332 e. The van der Waals surface area contributed by atoms with E-state index in [9.17, 15) is 0 Å². The van der Waals surface area contributed by atoms with Gasteiger partial charge in [-0.2, -0.15) is 37.0 Å². The summed E-state index contributed by atoms with van der Waals surface area (Å²) in [6.45, 7) is 2.11. The van der Waals surface area contributed by atoms with Crippen molar-refractivity contribution in [3.05, 3.63) is 73.4 Å². The van der Waals surface area contributed by atoms with Crippen LogP contribution in [0.25, 0.3) is 10.8 Å². The maximum Gasteiger partial charge on any atom is 0.0332 e. The molecule has 3 aromatic carbocycles. The van der Waals surface area contributed by atoms with E-state index in [1.165, 1.54) is 22.1 Å². The minimum absolute atomic E-state index is 0. The molecule has 1 aliphatic rings. The van der Waals surface area contributed by atoms with Crippen LogP contribution in [0.2, 0.25) is 0 Å². The summed E-state index contributed by atoms with van der Waals surface area (Å²) in [6, 6.07) is 24.3. The van der Waals surface area contributed by atoms with Crippen molar-refractivity contribution in [2.75, 3.05) is 16.8 Å². The van der Waals surface area contributed by atoms with Crippen molar-refractivity contribution < 1.29 is 20.1 Å². The number of benzene rings is 3. The third kappa shape index (κ3) is 2.33. The van der Waals surface area contributed by atoms with Crippen molar-refractivity contribution in [1.29, 1.82) is 0 Å². The van der Waals surface area contributed by atoms with Gasteiger partial charge in [-0.3, -0.25) is 0 Å². The van der Waals surface area contributed by atoms with Crippen LogP contribution in [0.4, 0.5) is 17.1 Å². The van der Waals surface area contributed by atoms with Crippen molar-refractivity contribution in [2.24, 2.45) is 0 Å². The van der Waals surface area contributed by atoms with E-state index < -0.39 is 0 Å². The van der Waals surface area contributed by atoms with E-state index >= 15 is 0 Å². The molecule has 0 saturated heterocycles. The Hall–Kier alpha value is -1.83. The van der Waals surface area contributed by atoms with E-state index in [1.807, 2.05) is 18.2 Å². The molecular formula is C18H14IrN2-2. The third-order valence-corrected chi connectivity index (χ3v) is 3.72. The molecule has 0 saturated carbocycles. The molecule has 0 amide bonds. The van der Waals surface area contributed by atoms with Crippen molar-refractivity contribution in [1.82, 2.24) is 0 Å². The predicted octanol–water partition coefficient (Wildman–Crippen LogP) is 4.34. The van der Waals surface area contributed by atoms with E-state index in [4.69, 9.17) is 0 Å². The number of anilines is 3. The van der Waals surface area contributed by atoms with Crippen LogP contribution in [0.15, 0.2) is 60.7 Å². The van der Waals surface area contributed by atoms with Gasteiger partial charge in [0.25, 0.3) is 0 Å². The van der Waals surface area contributed by atoms with E-state index in [-0.39, 0.29) is 20.1 Å². The quantitative estimate of drug-likeness (QED) is 0.509. The molecule has 0 unspecified atom stereocenters. The number of rotatable bonds is 1. The first-order valence-electron chi connectivity index (χ1n) is 6.69. The SMILES string of the molecule is CN1[CH-]N(c2[c-]cccc2)c2cc3ccccc3cc21.[Ir]. The Morgan fingerprint density at radius 2 is 1.57 bits per heavy atom. The molecular weight excluding hydrogens is 436 g/mol. The van der Waals surface area contributed by atoms with Gasteiger partial charge in [0.05, 0.1) is 0 Å². The number of hydrogen-bond donors (Lipinski definition) is 0. The van der Waals surface area contributed by atoms with E-state index in [0.717, 1.165) is 5.69 Å². The van der Waals surface area contributed by atoms with Crippen LogP contribution < -0.4 is 9.80 Å². The maximum atomic E-state index is 3.29. The minimum atomic E-state index is 0. The fraction of sp³-hybridized carbons (Fsp3) is 0.0556. The van der Waals surface area contributed by atoms with Crippen molar-refractivity contribution in [3.8, 4) is 0 Å². The van der Waals surface area contributed by atoms with Crippen LogP contribution in [0.3, 0.4) is 0 Å². The van der Waals surface area contributed by atoms with Gasteiger partial charge in [0.15, 0.2) is 0 Å². The minimum Gasteiger partial charge on any atom is -0.504 e. The zero-order valence-electron chi connectivity index (χ0n) is 11.6. The summed E-state index contributed by atoms with van der Waals surface area (Å²) >= 11 is 0. The van der Waals surface area contributed by atoms with Crippen LogP contribution >= 0.6 is 0 Å². The first-order chi connectivity index (χ1) is 9.83. The van der Waals surface area contributed by atoms with Gasteiger partial charge in [-0.25, -0.2) is 0 Å². The molecule has 0 spiro atoms. The predicted molar refractivity (Wildman–Crippen MR) is 84.1 cm³/mol. The monoisotopic (exact) mass is 451 g/mol. The Bertz CT molecular complexity index is 771. The molecule has 1 heterocycles. The van der Waals surface area contributed by atoms with Crippen LogP contribution in [-0.2, 0) is 20.1 Å². The van der Waals surface area contributed by atoms with E-state index in [1.54, 1.807) is 0 Å². The first kappa shape index (κ1) is 14.1. The second-order valence-corrected chi connectivity index (χ2v) is 5.03. The number of nitrogens with zero attached hydrogens (tertiary/aromatic N) is 2. The topological polar surface area (TPSA) is 6.48 Å². The molecule has 0 aliphatic carbocycles. The van der Waals surface area contributed by atoms with Crippen LogP contribution in [0, 0.1) is 12.7 Å². The molecule has 1 radical (unpaired) electrons. The Morgan fingerprint density at radius 3 is 2.24 bits per heavy atom. The van der Waals surface area contributed by atoms with Gasteiger partial charge in [0, 0.05) is 31.5 Å². The fourth-order valence-electron chi connectivity index (χ4n) is 2.71. The van der Waals surface area contributed by atoms with Gasteiger partial charge in [0.1, 0.15) is 0 Å². The molecule has 0 atom stereocenters. The summed E-state index contributed by atoms with van der Waals surface area (Å²) in [6.07, 6.45) is 0. The molecule has 1 aliphatic heterocycles. The molecule has 0 aromatic heterocycles. The van der Waals surface area contributed by atoms with Gasteiger partial charge in [-0.1, -0.05) is 24.3 Å². The maximum absolute atomic E-state index is 3.29. The molecule has 0 N–H and O–H groups in total. The third-order valence-electron chi connectivity index (χ3n) is 3.72. The zero-order valence-corrected chi connectivity index (χ0v) is 14.0. The average Bonchev–Trinajstić information content (AvgIpc) is 2.83. The molecule has 3 heteroatoms. The van der Waals surface area contributed by atoms with Crippen LogP contribution in [-0.4, -0.2) is 7.05 Å². The van der Waals surface area contributed by atoms with Gasteiger partial charge in [-0.05, 0) is 30.0 Å². The zero-order chi connectivity index (χ0) is 13.5. The van der Waals surface area contributed by atoms with Gasteiger partial charge < -0.3 is 9.80 Å². The number of hydrogen-bond acceptors (Lipinski definition) is 2. The molecule has 0 fully saturated rings. The van der Waals surface area contributed by atoms with Gasteiger partial charge >= 0.3 is 0 Å². The summed E-state index contributed by atoms with van der Waals surface area (Å²) in [4.78, 5) is 4.34. The average molecular weight is 451 g/mol. The van der Waals surface area contributed by atoms with Crippen LogP contribution in [0.1, 0.15) is 0 Å². The summed E-state index contributed by atoms with van der Waals surface area (Å²) in [5, 5.41) is 2.53. The standard InChI is InChI=1S/C18H14N2.Ir/c1-19-13-20(16-9-3-2-4-10-16)18-12-15-8-6-5-7-14(15)11-17(18)19;/h2-9,11-13H,1H3;/q-2;. The summed E-state index contributed by atoms with van der Waals surface area (Å²) in [7, 11) is 2.08. The second kappa shape index (κ2) is 5.51. The van der Waals surface area contributed by atoms with E-state index in [2.05, 4.69) is 72.0 Å². The molecule has 2 nitrogen and oxygen atoms in total. The molecule has 21 heavy (non-hydrogen) atoms. The molecule has 107 valence electrons. The molecule has 0 bridgehead atoms. The Balaban J connectivity index is 0.00000132. The Labute approximate surface area is 138 Å². The number of para-hydroxylation sites is 1. The largest absolute Gasteiger partial charge is 0.504 e.